The van der Waals surface area contributed by atoms with Crippen molar-refractivity contribution >= 4 is 0 Å². The summed E-state index contributed by atoms with van der Waals surface area (Å²) < 4.78 is 13.7. The van der Waals surface area contributed by atoms with E-state index in [0.717, 1.165) is 19.4 Å². The van der Waals surface area contributed by atoms with Crippen LogP contribution in [0.1, 0.15) is 46.0 Å². The molecular formula is C10H20FN. The van der Waals surface area contributed by atoms with E-state index in [4.69, 9.17) is 0 Å². The number of alkyl halides is 1. The van der Waals surface area contributed by atoms with Gasteiger partial charge in [0, 0.05) is 6.04 Å². The zero-order valence-electron chi connectivity index (χ0n) is 8.20. The first-order valence-corrected chi connectivity index (χ1v) is 5.06. The third-order valence-electron chi connectivity index (χ3n) is 2.61. The average molecular weight is 173 g/mol. The van der Waals surface area contributed by atoms with Crippen LogP contribution in [-0.2, 0) is 0 Å². The Bertz CT molecular complexity index is 128. The third-order valence-corrected chi connectivity index (χ3v) is 2.61. The van der Waals surface area contributed by atoms with Crippen LogP contribution in [0.5, 0.6) is 0 Å². The maximum atomic E-state index is 13.7. The van der Waals surface area contributed by atoms with E-state index in [9.17, 15) is 4.39 Å². The van der Waals surface area contributed by atoms with Crippen molar-refractivity contribution in [2.75, 3.05) is 6.54 Å². The van der Waals surface area contributed by atoms with Crippen molar-refractivity contribution in [3.8, 4) is 0 Å². The summed E-state index contributed by atoms with van der Waals surface area (Å²) in [6, 6.07) is 0.437. The van der Waals surface area contributed by atoms with Crippen LogP contribution in [0.4, 0.5) is 4.39 Å². The second kappa shape index (κ2) is 4.22. The first-order chi connectivity index (χ1) is 5.64. The minimum Gasteiger partial charge on any atom is -0.314 e. The highest BCUT2D eigenvalue weighted by molar-refractivity contribution is 4.83. The lowest BCUT2D eigenvalue weighted by Gasteiger charge is -2.23. The number of nitrogens with one attached hydrogen (secondary N) is 1. The maximum Gasteiger partial charge on any atom is 0.109 e. The van der Waals surface area contributed by atoms with Gasteiger partial charge in [-0.1, -0.05) is 13.3 Å². The van der Waals surface area contributed by atoms with Gasteiger partial charge in [0.05, 0.1) is 0 Å². The molecule has 12 heavy (non-hydrogen) atoms. The van der Waals surface area contributed by atoms with Crippen LogP contribution in [0.2, 0.25) is 0 Å². The lowest BCUT2D eigenvalue weighted by molar-refractivity contribution is 0.144. The Hall–Kier alpha value is -0.110. The van der Waals surface area contributed by atoms with Crippen LogP contribution in [-0.4, -0.2) is 18.3 Å². The summed E-state index contributed by atoms with van der Waals surface area (Å²) in [5.74, 6) is 0. The summed E-state index contributed by atoms with van der Waals surface area (Å²) >= 11 is 0. The molecule has 0 radical (unpaired) electrons. The molecule has 1 rings (SSSR count). The summed E-state index contributed by atoms with van der Waals surface area (Å²) in [7, 11) is 0. The van der Waals surface area contributed by atoms with E-state index in [2.05, 4.69) is 5.32 Å². The first-order valence-electron chi connectivity index (χ1n) is 5.06. The van der Waals surface area contributed by atoms with Gasteiger partial charge in [-0.3, -0.25) is 0 Å². The van der Waals surface area contributed by atoms with Crippen molar-refractivity contribution < 1.29 is 4.39 Å². The fourth-order valence-electron chi connectivity index (χ4n) is 2.07. The van der Waals surface area contributed by atoms with Crippen LogP contribution >= 0.6 is 0 Å². The van der Waals surface area contributed by atoms with Crippen molar-refractivity contribution in [3.05, 3.63) is 0 Å². The van der Waals surface area contributed by atoms with Gasteiger partial charge < -0.3 is 5.32 Å². The maximum absolute atomic E-state index is 13.7. The molecule has 1 nitrogen and oxygen atoms in total. The van der Waals surface area contributed by atoms with E-state index in [1.165, 1.54) is 6.42 Å². The van der Waals surface area contributed by atoms with Gasteiger partial charge in [-0.2, -0.15) is 0 Å². The highest BCUT2D eigenvalue weighted by Gasteiger charge is 2.27. The topological polar surface area (TPSA) is 12.0 Å². The van der Waals surface area contributed by atoms with Gasteiger partial charge in [0.15, 0.2) is 0 Å². The fourth-order valence-corrected chi connectivity index (χ4v) is 2.07. The lowest BCUT2D eigenvalue weighted by atomic mass is 9.93. The normalized spacial score (nSPS) is 28.8. The van der Waals surface area contributed by atoms with Crippen molar-refractivity contribution in [1.82, 2.24) is 5.32 Å². The highest BCUT2D eigenvalue weighted by atomic mass is 19.1. The molecule has 0 aromatic heterocycles. The van der Waals surface area contributed by atoms with Crippen LogP contribution in [0, 0.1) is 0 Å². The minimum atomic E-state index is -0.948. The van der Waals surface area contributed by atoms with Gasteiger partial charge in [-0.05, 0) is 39.2 Å². The molecule has 0 aliphatic carbocycles. The molecule has 1 saturated heterocycles. The van der Waals surface area contributed by atoms with Crippen LogP contribution in [0.15, 0.2) is 0 Å². The second-order valence-corrected chi connectivity index (χ2v) is 4.16. The molecule has 0 bridgehead atoms. The summed E-state index contributed by atoms with van der Waals surface area (Å²) in [6.07, 6.45) is 4.71. The molecule has 0 amide bonds. The van der Waals surface area contributed by atoms with Crippen LogP contribution in [0.3, 0.4) is 0 Å². The minimum absolute atomic E-state index is 0.437. The van der Waals surface area contributed by atoms with E-state index < -0.39 is 5.67 Å². The smallest absolute Gasteiger partial charge is 0.109 e. The summed E-state index contributed by atoms with van der Waals surface area (Å²) in [4.78, 5) is 0. The van der Waals surface area contributed by atoms with Crippen LogP contribution < -0.4 is 5.32 Å². The second-order valence-electron chi connectivity index (χ2n) is 4.16. The highest BCUT2D eigenvalue weighted by Crippen LogP contribution is 2.26. The summed E-state index contributed by atoms with van der Waals surface area (Å²) in [6.45, 7) is 4.85. The molecule has 2 unspecified atom stereocenters. The zero-order chi connectivity index (χ0) is 9.03. The molecule has 1 N–H and O–H groups in total. The van der Waals surface area contributed by atoms with Gasteiger partial charge in [-0.25, -0.2) is 4.39 Å². The monoisotopic (exact) mass is 173 g/mol. The number of rotatable bonds is 4. The van der Waals surface area contributed by atoms with E-state index in [1.807, 2.05) is 6.92 Å². The van der Waals surface area contributed by atoms with Crippen LogP contribution in [0.25, 0.3) is 0 Å². The predicted molar refractivity (Wildman–Crippen MR) is 50.1 cm³/mol. The fraction of sp³-hybridized carbons (Fsp3) is 1.00. The molecule has 72 valence electrons. The molecule has 0 aromatic carbocycles. The van der Waals surface area contributed by atoms with E-state index in [1.54, 1.807) is 6.92 Å². The number of halogens is 1. The van der Waals surface area contributed by atoms with E-state index >= 15 is 0 Å². The van der Waals surface area contributed by atoms with Gasteiger partial charge in [0.25, 0.3) is 0 Å². The molecule has 1 heterocycles. The molecule has 2 heteroatoms. The van der Waals surface area contributed by atoms with Gasteiger partial charge >= 0.3 is 0 Å². The average Bonchev–Trinajstić information content (AvgIpc) is 2.38. The molecule has 1 aliphatic rings. The Balaban J connectivity index is 2.27. The quantitative estimate of drug-likeness (QED) is 0.689. The van der Waals surface area contributed by atoms with Crippen molar-refractivity contribution in [2.24, 2.45) is 0 Å². The Morgan fingerprint density at radius 1 is 1.58 bits per heavy atom. The SMILES string of the molecule is CCCC(C)(F)CC1CCCN1. The zero-order valence-corrected chi connectivity index (χ0v) is 8.20. The standard InChI is InChI=1S/C10H20FN/c1-3-6-10(2,11)8-9-5-4-7-12-9/h9,12H,3-8H2,1-2H3. The number of hydrogen-bond donors (Lipinski definition) is 1. The molecule has 0 saturated carbocycles. The molecule has 0 aromatic rings. The van der Waals surface area contributed by atoms with Gasteiger partial charge in [0.1, 0.15) is 5.67 Å². The molecule has 0 spiro atoms. The summed E-state index contributed by atoms with van der Waals surface area (Å²) in [5.41, 5.74) is -0.948. The Kier molecular flexibility index (Phi) is 3.51. The third kappa shape index (κ3) is 3.10. The first kappa shape index (κ1) is 9.97. The Morgan fingerprint density at radius 2 is 2.33 bits per heavy atom. The van der Waals surface area contributed by atoms with Crippen molar-refractivity contribution in [1.29, 1.82) is 0 Å². The molecule has 1 fully saturated rings. The summed E-state index contributed by atoms with van der Waals surface area (Å²) in [5, 5.41) is 3.33. The van der Waals surface area contributed by atoms with Crippen molar-refractivity contribution in [2.45, 2.75) is 57.7 Å². The van der Waals surface area contributed by atoms with Gasteiger partial charge in [-0.15, -0.1) is 0 Å². The van der Waals surface area contributed by atoms with Crippen molar-refractivity contribution in [3.63, 3.8) is 0 Å². The Labute approximate surface area is 74.7 Å². The largest absolute Gasteiger partial charge is 0.314 e. The molecule has 1 aliphatic heterocycles. The van der Waals surface area contributed by atoms with E-state index in [0.29, 0.717) is 18.9 Å². The molecule has 2 atom stereocenters. The Morgan fingerprint density at radius 3 is 2.83 bits per heavy atom. The predicted octanol–water partition coefficient (Wildman–Crippen LogP) is 2.66. The lowest BCUT2D eigenvalue weighted by Crippen LogP contribution is -2.31. The number of hydrogen-bond acceptors (Lipinski definition) is 1. The molecular weight excluding hydrogens is 153 g/mol. The van der Waals surface area contributed by atoms with Gasteiger partial charge in [0.2, 0.25) is 0 Å². The van der Waals surface area contributed by atoms with E-state index in [-0.39, 0.29) is 0 Å².